The molecule has 0 heterocycles. The number of alkyl halides is 1. The zero-order valence-corrected chi connectivity index (χ0v) is 8.74. The fraction of sp³-hybridized carbons (Fsp3) is 1.00. The molecule has 0 bridgehead atoms. The van der Waals surface area contributed by atoms with Crippen molar-refractivity contribution in [3.8, 4) is 0 Å². The molecule has 0 aliphatic rings. The minimum absolute atomic E-state index is 0.234. The quantitative estimate of drug-likeness (QED) is 0.589. The van der Waals surface area contributed by atoms with Crippen LogP contribution in [0.15, 0.2) is 0 Å². The van der Waals surface area contributed by atoms with Gasteiger partial charge in [0.1, 0.15) is 0 Å². The SMILES string of the molecule is COCCC(C)(CCl)C(C)C. The number of methoxy groups -OCH3 is 1. The Hall–Kier alpha value is 0.250. The standard InChI is InChI=1S/C9H19ClO/c1-8(2)9(3,7-10)5-6-11-4/h8H,5-7H2,1-4H3. The molecule has 1 nitrogen and oxygen atoms in total. The van der Waals surface area contributed by atoms with Crippen molar-refractivity contribution in [2.24, 2.45) is 11.3 Å². The van der Waals surface area contributed by atoms with E-state index in [1.807, 2.05) is 0 Å². The molecule has 0 saturated carbocycles. The number of hydrogen-bond acceptors (Lipinski definition) is 1. The summed E-state index contributed by atoms with van der Waals surface area (Å²) < 4.78 is 5.03. The van der Waals surface area contributed by atoms with E-state index < -0.39 is 0 Å². The van der Waals surface area contributed by atoms with E-state index in [2.05, 4.69) is 20.8 Å². The molecule has 0 aliphatic carbocycles. The monoisotopic (exact) mass is 178 g/mol. The highest BCUT2D eigenvalue weighted by molar-refractivity contribution is 6.18. The highest BCUT2D eigenvalue weighted by Gasteiger charge is 2.26. The molecule has 0 fully saturated rings. The zero-order valence-electron chi connectivity index (χ0n) is 7.98. The third-order valence-electron chi connectivity index (χ3n) is 2.58. The van der Waals surface area contributed by atoms with Crippen molar-refractivity contribution in [2.45, 2.75) is 27.2 Å². The van der Waals surface area contributed by atoms with E-state index >= 15 is 0 Å². The van der Waals surface area contributed by atoms with Gasteiger partial charge in [-0.05, 0) is 17.8 Å². The molecular formula is C9H19ClO. The summed E-state index contributed by atoms with van der Waals surface area (Å²) in [7, 11) is 1.73. The van der Waals surface area contributed by atoms with Gasteiger partial charge in [0, 0.05) is 19.6 Å². The molecule has 0 saturated heterocycles. The van der Waals surface area contributed by atoms with E-state index in [1.54, 1.807) is 7.11 Å². The van der Waals surface area contributed by atoms with Crippen molar-refractivity contribution in [2.75, 3.05) is 19.6 Å². The number of halogens is 1. The average molecular weight is 179 g/mol. The van der Waals surface area contributed by atoms with Crippen LogP contribution in [0, 0.1) is 11.3 Å². The molecule has 1 unspecified atom stereocenters. The fourth-order valence-electron chi connectivity index (χ4n) is 0.845. The molecular weight excluding hydrogens is 160 g/mol. The second-order valence-corrected chi connectivity index (χ2v) is 3.95. The first-order chi connectivity index (χ1) is 5.06. The van der Waals surface area contributed by atoms with Crippen LogP contribution in [0.25, 0.3) is 0 Å². The highest BCUT2D eigenvalue weighted by atomic mass is 35.5. The Bertz CT molecular complexity index is 104. The van der Waals surface area contributed by atoms with Gasteiger partial charge < -0.3 is 4.74 Å². The van der Waals surface area contributed by atoms with Crippen molar-refractivity contribution in [3.05, 3.63) is 0 Å². The van der Waals surface area contributed by atoms with Gasteiger partial charge in [-0.25, -0.2) is 0 Å². The third kappa shape index (κ3) is 3.44. The normalized spacial score (nSPS) is 16.9. The Morgan fingerprint density at radius 2 is 2.00 bits per heavy atom. The molecule has 11 heavy (non-hydrogen) atoms. The maximum atomic E-state index is 5.88. The molecule has 0 aliphatic heterocycles. The summed E-state index contributed by atoms with van der Waals surface area (Å²) in [5.74, 6) is 1.34. The first-order valence-corrected chi connectivity index (χ1v) is 4.65. The van der Waals surface area contributed by atoms with Crippen LogP contribution in [0.1, 0.15) is 27.2 Å². The van der Waals surface area contributed by atoms with Crippen LogP contribution in [0.4, 0.5) is 0 Å². The highest BCUT2D eigenvalue weighted by Crippen LogP contribution is 2.31. The molecule has 0 radical (unpaired) electrons. The van der Waals surface area contributed by atoms with Crippen LogP contribution < -0.4 is 0 Å². The Morgan fingerprint density at radius 1 is 1.45 bits per heavy atom. The van der Waals surface area contributed by atoms with Crippen LogP contribution >= 0.6 is 11.6 Å². The average Bonchev–Trinajstić information content (AvgIpc) is 2.00. The summed E-state index contributed by atoms with van der Waals surface area (Å²) in [6, 6.07) is 0. The van der Waals surface area contributed by atoms with E-state index in [1.165, 1.54) is 0 Å². The van der Waals surface area contributed by atoms with Crippen molar-refractivity contribution >= 4 is 11.6 Å². The Morgan fingerprint density at radius 3 is 2.27 bits per heavy atom. The van der Waals surface area contributed by atoms with Gasteiger partial charge in [0.25, 0.3) is 0 Å². The summed E-state index contributed by atoms with van der Waals surface area (Å²) in [6.45, 7) is 7.43. The molecule has 0 rings (SSSR count). The summed E-state index contributed by atoms with van der Waals surface area (Å²) >= 11 is 5.88. The lowest BCUT2D eigenvalue weighted by molar-refractivity contribution is 0.128. The first-order valence-electron chi connectivity index (χ1n) is 4.11. The molecule has 2 heteroatoms. The fourth-order valence-corrected chi connectivity index (χ4v) is 1.29. The van der Waals surface area contributed by atoms with Crippen molar-refractivity contribution < 1.29 is 4.74 Å². The Balaban J connectivity index is 3.88. The van der Waals surface area contributed by atoms with Crippen LogP contribution in [0.2, 0.25) is 0 Å². The van der Waals surface area contributed by atoms with Gasteiger partial charge in [-0.1, -0.05) is 20.8 Å². The lowest BCUT2D eigenvalue weighted by Gasteiger charge is -2.31. The summed E-state index contributed by atoms with van der Waals surface area (Å²) in [4.78, 5) is 0. The van der Waals surface area contributed by atoms with Crippen LogP contribution in [-0.4, -0.2) is 19.6 Å². The van der Waals surface area contributed by atoms with Gasteiger partial charge >= 0.3 is 0 Å². The van der Waals surface area contributed by atoms with E-state index in [9.17, 15) is 0 Å². The summed E-state index contributed by atoms with van der Waals surface area (Å²) in [6.07, 6.45) is 1.05. The summed E-state index contributed by atoms with van der Waals surface area (Å²) in [5.41, 5.74) is 0.234. The molecule has 0 aromatic rings. The van der Waals surface area contributed by atoms with Gasteiger partial charge in [-0.3, -0.25) is 0 Å². The molecule has 0 amide bonds. The Kier molecular flexibility index (Phi) is 5.11. The van der Waals surface area contributed by atoms with Crippen LogP contribution in [0.3, 0.4) is 0 Å². The lowest BCUT2D eigenvalue weighted by atomic mass is 9.78. The Labute approximate surface area is 75.1 Å². The second-order valence-electron chi connectivity index (χ2n) is 3.69. The molecule has 1 atom stereocenters. The molecule has 0 spiro atoms. The first kappa shape index (κ1) is 11.2. The van der Waals surface area contributed by atoms with Crippen molar-refractivity contribution in [1.82, 2.24) is 0 Å². The van der Waals surface area contributed by atoms with Crippen LogP contribution in [-0.2, 0) is 4.74 Å². The van der Waals surface area contributed by atoms with Gasteiger partial charge in [0.15, 0.2) is 0 Å². The molecule has 0 aromatic heterocycles. The maximum Gasteiger partial charge on any atom is 0.0467 e. The van der Waals surface area contributed by atoms with Gasteiger partial charge in [-0.15, -0.1) is 11.6 Å². The molecule has 68 valence electrons. The second kappa shape index (κ2) is 5.00. The molecule has 0 N–H and O–H groups in total. The minimum Gasteiger partial charge on any atom is -0.385 e. The predicted octanol–water partition coefficient (Wildman–Crippen LogP) is 2.92. The molecule has 0 aromatic carbocycles. The largest absolute Gasteiger partial charge is 0.385 e. The van der Waals surface area contributed by atoms with E-state index in [-0.39, 0.29) is 5.41 Å². The van der Waals surface area contributed by atoms with Gasteiger partial charge in [-0.2, -0.15) is 0 Å². The smallest absolute Gasteiger partial charge is 0.0467 e. The van der Waals surface area contributed by atoms with E-state index in [0.717, 1.165) is 13.0 Å². The van der Waals surface area contributed by atoms with Gasteiger partial charge in [0.2, 0.25) is 0 Å². The minimum atomic E-state index is 0.234. The summed E-state index contributed by atoms with van der Waals surface area (Å²) in [5, 5.41) is 0. The topological polar surface area (TPSA) is 9.23 Å². The maximum absolute atomic E-state index is 5.88. The number of hydrogen-bond donors (Lipinski definition) is 0. The van der Waals surface area contributed by atoms with Crippen molar-refractivity contribution in [3.63, 3.8) is 0 Å². The third-order valence-corrected chi connectivity index (χ3v) is 3.19. The van der Waals surface area contributed by atoms with Crippen molar-refractivity contribution in [1.29, 1.82) is 0 Å². The van der Waals surface area contributed by atoms with Gasteiger partial charge in [0.05, 0.1) is 0 Å². The number of ether oxygens (including phenoxy) is 1. The predicted molar refractivity (Wildman–Crippen MR) is 50.2 cm³/mol. The number of rotatable bonds is 5. The van der Waals surface area contributed by atoms with E-state index in [4.69, 9.17) is 16.3 Å². The van der Waals surface area contributed by atoms with E-state index in [0.29, 0.717) is 11.8 Å². The lowest BCUT2D eigenvalue weighted by Crippen LogP contribution is -2.27. The van der Waals surface area contributed by atoms with Crippen LogP contribution in [0.5, 0.6) is 0 Å². The zero-order chi connectivity index (χ0) is 8.91.